The highest BCUT2D eigenvalue weighted by atomic mass is 32.1. The van der Waals surface area contributed by atoms with E-state index in [0.29, 0.717) is 35.6 Å². The number of amides is 1. The quantitative estimate of drug-likeness (QED) is 0.379. The SMILES string of the molecule is CCc1cc(C(=O)N2CCc3sccc3C2C)nc2cc(-c3ccc(N4CCCC4)cc3F)nn12. The number of hydrogen-bond donors (Lipinski definition) is 0. The van der Waals surface area contributed by atoms with Crippen molar-refractivity contribution >= 4 is 28.6 Å². The van der Waals surface area contributed by atoms with Crippen molar-refractivity contribution in [2.75, 3.05) is 24.5 Å². The molecule has 180 valence electrons. The molecular formula is C27H28FN5OS. The lowest BCUT2D eigenvalue weighted by Gasteiger charge is -2.33. The van der Waals surface area contributed by atoms with E-state index in [1.807, 2.05) is 24.0 Å². The fourth-order valence-corrected chi connectivity index (χ4v) is 6.31. The molecule has 1 unspecified atom stereocenters. The van der Waals surface area contributed by atoms with Crippen LogP contribution in [0.4, 0.5) is 10.1 Å². The maximum Gasteiger partial charge on any atom is 0.273 e. The van der Waals surface area contributed by atoms with Gasteiger partial charge in [0.15, 0.2) is 5.65 Å². The van der Waals surface area contributed by atoms with Gasteiger partial charge in [0.1, 0.15) is 11.5 Å². The minimum absolute atomic E-state index is 0.0179. The van der Waals surface area contributed by atoms with Crippen LogP contribution in [0.25, 0.3) is 16.9 Å². The van der Waals surface area contributed by atoms with Gasteiger partial charge in [-0.05, 0) is 73.9 Å². The van der Waals surface area contributed by atoms with Crippen molar-refractivity contribution in [3.05, 3.63) is 69.4 Å². The van der Waals surface area contributed by atoms with Gasteiger partial charge in [0.2, 0.25) is 0 Å². The van der Waals surface area contributed by atoms with Crippen molar-refractivity contribution in [1.29, 1.82) is 0 Å². The molecular weight excluding hydrogens is 461 g/mol. The molecule has 1 saturated heterocycles. The number of halogens is 1. The molecule has 0 radical (unpaired) electrons. The highest BCUT2D eigenvalue weighted by Gasteiger charge is 2.30. The Morgan fingerprint density at radius 1 is 1.14 bits per heavy atom. The molecule has 4 aromatic rings. The van der Waals surface area contributed by atoms with Crippen LogP contribution in [0.1, 0.15) is 59.4 Å². The Labute approximate surface area is 208 Å². The van der Waals surface area contributed by atoms with Crippen molar-refractivity contribution in [3.8, 4) is 11.3 Å². The number of aromatic nitrogens is 3. The van der Waals surface area contributed by atoms with Crippen LogP contribution in [0.3, 0.4) is 0 Å². The van der Waals surface area contributed by atoms with Gasteiger partial charge in [0.25, 0.3) is 5.91 Å². The van der Waals surface area contributed by atoms with Crippen LogP contribution in [-0.4, -0.2) is 45.0 Å². The normalized spacial score (nSPS) is 17.9. The second-order valence-electron chi connectivity index (χ2n) is 9.37. The van der Waals surface area contributed by atoms with Crippen LogP contribution < -0.4 is 4.90 Å². The minimum atomic E-state index is -0.291. The fourth-order valence-electron chi connectivity index (χ4n) is 5.35. The molecule has 8 heteroatoms. The average molecular weight is 490 g/mol. The van der Waals surface area contributed by atoms with Gasteiger partial charge >= 0.3 is 0 Å². The molecule has 0 spiro atoms. The second kappa shape index (κ2) is 8.75. The number of carbonyl (C=O) groups excluding carboxylic acids is 1. The zero-order chi connectivity index (χ0) is 24.1. The Bertz CT molecular complexity index is 1420. The lowest BCUT2D eigenvalue weighted by Crippen LogP contribution is -2.38. The van der Waals surface area contributed by atoms with Crippen LogP contribution in [0, 0.1) is 5.82 Å². The Morgan fingerprint density at radius 3 is 2.74 bits per heavy atom. The molecule has 0 N–H and O–H groups in total. The standard InChI is InChI=1S/C27H28FN5OS/c1-3-18-15-24(27(34)32-12-8-25-20(17(32)2)9-13-35-25)29-26-16-23(30-33(18)26)21-7-6-19(14-22(21)28)31-10-4-5-11-31/h6-7,9,13-17H,3-5,8,10-12H2,1-2H3. The Hall–Kier alpha value is -3.26. The molecule has 5 heterocycles. The van der Waals surface area contributed by atoms with E-state index in [4.69, 9.17) is 0 Å². The number of hydrogen-bond acceptors (Lipinski definition) is 5. The van der Waals surface area contributed by atoms with Gasteiger partial charge in [-0.15, -0.1) is 11.3 Å². The maximum absolute atomic E-state index is 15.1. The van der Waals surface area contributed by atoms with Crippen LogP contribution >= 0.6 is 11.3 Å². The van der Waals surface area contributed by atoms with Gasteiger partial charge in [-0.3, -0.25) is 4.79 Å². The molecule has 1 fully saturated rings. The summed E-state index contributed by atoms with van der Waals surface area (Å²) in [6.07, 6.45) is 3.84. The molecule has 1 aromatic carbocycles. The van der Waals surface area contributed by atoms with E-state index in [2.05, 4.69) is 33.4 Å². The predicted molar refractivity (Wildman–Crippen MR) is 137 cm³/mol. The van der Waals surface area contributed by atoms with Gasteiger partial charge in [-0.1, -0.05) is 6.92 Å². The summed E-state index contributed by atoms with van der Waals surface area (Å²) >= 11 is 1.76. The van der Waals surface area contributed by atoms with Gasteiger partial charge in [-0.2, -0.15) is 5.10 Å². The van der Waals surface area contributed by atoms with E-state index in [0.717, 1.165) is 43.7 Å². The van der Waals surface area contributed by atoms with E-state index in [1.54, 1.807) is 34.1 Å². The molecule has 1 atom stereocenters. The van der Waals surface area contributed by atoms with E-state index in [9.17, 15) is 4.79 Å². The summed E-state index contributed by atoms with van der Waals surface area (Å²) in [5.74, 6) is -0.365. The van der Waals surface area contributed by atoms with Crippen molar-refractivity contribution in [1.82, 2.24) is 19.5 Å². The summed E-state index contributed by atoms with van der Waals surface area (Å²) < 4.78 is 16.9. The molecule has 6 nitrogen and oxygen atoms in total. The van der Waals surface area contributed by atoms with Crippen LogP contribution in [0.15, 0.2) is 41.8 Å². The molecule has 1 amide bonds. The molecule has 3 aromatic heterocycles. The zero-order valence-electron chi connectivity index (χ0n) is 20.0. The van der Waals surface area contributed by atoms with E-state index in [1.165, 1.54) is 10.4 Å². The number of carbonyl (C=O) groups is 1. The predicted octanol–water partition coefficient (Wildman–Crippen LogP) is 5.52. The maximum atomic E-state index is 15.1. The first-order chi connectivity index (χ1) is 17.0. The summed E-state index contributed by atoms with van der Waals surface area (Å²) in [5, 5.41) is 6.77. The lowest BCUT2D eigenvalue weighted by molar-refractivity contribution is 0.0673. The van der Waals surface area contributed by atoms with Crippen molar-refractivity contribution in [3.63, 3.8) is 0 Å². The summed E-state index contributed by atoms with van der Waals surface area (Å²) in [6, 6.07) is 11.1. The highest BCUT2D eigenvalue weighted by molar-refractivity contribution is 7.10. The van der Waals surface area contributed by atoms with E-state index < -0.39 is 0 Å². The molecule has 0 aliphatic carbocycles. The zero-order valence-corrected chi connectivity index (χ0v) is 20.8. The first-order valence-corrected chi connectivity index (χ1v) is 13.2. The summed E-state index contributed by atoms with van der Waals surface area (Å²) in [5.41, 5.74) is 4.96. The monoisotopic (exact) mass is 489 g/mol. The number of fused-ring (bicyclic) bond motifs is 2. The molecule has 6 rings (SSSR count). The first kappa shape index (κ1) is 22.2. The molecule has 35 heavy (non-hydrogen) atoms. The number of rotatable bonds is 4. The minimum Gasteiger partial charge on any atom is -0.371 e. The molecule has 0 saturated carbocycles. The Balaban J connectivity index is 1.34. The molecule has 2 aliphatic rings. The number of thiophene rings is 1. The Morgan fingerprint density at radius 2 is 1.97 bits per heavy atom. The number of anilines is 1. The highest BCUT2D eigenvalue weighted by Crippen LogP contribution is 2.34. The second-order valence-corrected chi connectivity index (χ2v) is 10.4. The largest absolute Gasteiger partial charge is 0.371 e. The van der Waals surface area contributed by atoms with Crippen molar-refractivity contribution < 1.29 is 9.18 Å². The van der Waals surface area contributed by atoms with Crippen LogP contribution in [-0.2, 0) is 12.8 Å². The van der Waals surface area contributed by atoms with Gasteiger partial charge < -0.3 is 9.80 Å². The third-order valence-electron chi connectivity index (χ3n) is 7.32. The van der Waals surface area contributed by atoms with Crippen LogP contribution in [0.5, 0.6) is 0 Å². The fraction of sp³-hybridized carbons (Fsp3) is 0.370. The smallest absolute Gasteiger partial charge is 0.273 e. The third kappa shape index (κ3) is 3.80. The summed E-state index contributed by atoms with van der Waals surface area (Å²) in [6.45, 7) is 6.72. The van der Waals surface area contributed by atoms with E-state index >= 15 is 4.39 Å². The third-order valence-corrected chi connectivity index (χ3v) is 8.32. The number of nitrogens with zero attached hydrogens (tertiary/aromatic N) is 5. The first-order valence-electron chi connectivity index (χ1n) is 12.4. The average Bonchev–Trinajstić information content (AvgIpc) is 3.63. The summed E-state index contributed by atoms with van der Waals surface area (Å²) in [4.78, 5) is 23.7. The number of benzene rings is 1. The van der Waals surface area contributed by atoms with E-state index in [-0.39, 0.29) is 17.8 Å². The topological polar surface area (TPSA) is 53.7 Å². The molecule has 2 aliphatic heterocycles. The lowest BCUT2D eigenvalue weighted by atomic mass is 10.0. The number of aryl methyl sites for hydroxylation is 1. The van der Waals surface area contributed by atoms with Gasteiger partial charge in [-0.25, -0.2) is 13.9 Å². The van der Waals surface area contributed by atoms with Crippen molar-refractivity contribution in [2.24, 2.45) is 0 Å². The van der Waals surface area contributed by atoms with Crippen LogP contribution in [0.2, 0.25) is 0 Å². The van der Waals surface area contributed by atoms with Gasteiger partial charge in [0.05, 0.1) is 11.7 Å². The van der Waals surface area contributed by atoms with Gasteiger partial charge in [0, 0.05) is 47.5 Å². The summed E-state index contributed by atoms with van der Waals surface area (Å²) in [7, 11) is 0. The molecule has 0 bridgehead atoms. The Kier molecular flexibility index (Phi) is 5.56. The van der Waals surface area contributed by atoms with Crippen molar-refractivity contribution in [2.45, 2.75) is 45.6 Å².